The van der Waals surface area contributed by atoms with E-state index in [1.54, 1.807) is 0 Å². The lowest BCUT2D eigenvalue weighted by molar-refractivity contribution is -0.312. The summed E-state index contributed by atoms with van der Waals surface area (Å²) in [6, 6.07) is 0. The maximum absolute atomic E-state index is 13.4. The molecule has 0 aromatic carbocycles. The highest BCUT2D eigenvalue weighted by Crippen LogP contribution is 2.31. The summed E-state index contributed by atoms with van der Waals surface area (Å²) in [5, 5.41) is 0. The molecule has 0 spiro atoms. The molecule has 0 N–H and O–H groups in total. The van der Waals surface area contributed by atoms with Gasteiger partial charge in [-0.1, -0.05) is 95.9 Å². The molecule has 1 unspecified atom stereocenters. The quantitative estimate of drug-likeness (QED) is 0.0239. The van der Waals surface area contributed by atoms with E-state index in [1.807, 2.05) is 0 Å². The lowest BCUT2D eigenvalue weighted by Gasteiger charge is -2.44. The van der Waals surface area contributed by atoms with Crippen molar-refractivity contribution in [2.24, 2.45) is 0 Å². The Morgan fingerprint density at radius 1 is 0.425 bits per heavy atom. The number of hydrogen-bond acceptors (Lipinski definition) is 18. The van der Waals surface area contributed by atoms with E-state index >= 15 is 0 Å². The number of allylic oxidation sites excluding steroid dienone is 4. The van der Waals surface area contributed by atoms with Crippen LogP contribution >= 0.6 is 0 Å². The molecule has 1 heterocycles. The third kappa shape index (κ3) is 34.9. The minimum atomic E-state index is -1.79. The Labute approximate surface area is 433 Å². The van der Waals surface area contributed by atoms with Crippen molar-refractivity contribution < 1.29 is 85.8 Å². The topological polar surface area (TPSA) is 245 Å². The first-order valence-corrected chi connectivity index (χ1v) is 26.6. The van der Waals surface area contributed by atoms with Crippen molar-refractivity contribution in [3.8, 4) is 0 Å². The molecule has 1 saturated heterocycles. The van der Waals surface area contributed by atoms with Crippen molar-refractivity contribution in [1.29, 1.82) is 0 Å². The summed E-state index contributed by atoms with van der Waals surface area (Å²) in [6.07, 6.45) is 12.0. The molecule has 1 fully saturated rings. The van der Waals surface area contributed by atoms with Crippen molar-refractivity contribution in [1.82, 2.24) is 0 Å². The van der Waals surface area contributed by atoms with Crippen LogP contribution in [0.2, 0.25) is 0 Å². The molecule has 73 heavy (non-hydrogen) atoms. The summed E-state index contributed by atoms with van der Waals surface area (Å²) < 4.78 is 46.5. The van der Waals surface area contributed by atoms with Gasteiger partial charge in [0, 0.05) is 38.5 Å². The highest BCUT2D eigenvalue weighted by atomic mass is 16.7. The van der Waals surface area contributed by atoms with Gasteiger partial charge in [0.2, 0.25) is 0 Å². The molecule has 18 nitrogen and oxygen atoms in total. The van der Waals surface area contributed by atoms with E-state index in [1.165, 1.54) is 47.0 Å². The SMILES string of the molecule is CCCCC/C=C/C/C=C/CCCCCCCC(=O)OC(COC(=O)CCCCCCC)CO[C@@H]1O[C@H](COC(=O)CCC(C)=O)[C@H](OC(=O)CCC(C)=O)[C@H](OC(=O)CCC(C)=O)[C@H]1OC(=O)CCC(C)=O. The third-order valence-corrected chi connectivity index (χ3v) is 11.5. The van der Waals surface area contributed by atoms with Crippen LogP contribution in [0.1, 0.15) is 208 Å². The molecule has 0 saturated carbocycles. The van der Waals surface area contributed by atoms with E-state index in [4.69, 9.17) is 37.9 Å². The standard InChI is InChI=1S/C55H86O18/c1-7-9-11-13-14-15-16-17-18-19-20-21-22-24-26-28-48(62)69-44(37-66-46(60)27-25-23-12-10-8-2)38-68-55-54(73-51(65)36-32-43(6)59)53(72-50(64)35-31-42(5)58)52(71-49(63)34-30-41(4)57)45(70-55)39-67-47(61)33-29-40(3)56/h14-15,17-18,44-45,52-55H,7-13,16,19-39H2,1-6H3/b15-14+,18-17+/t44?,45-,52+,53+,54-,55-/m1/s1. The summed E-state index contributed by atoms with van der Waals surface area (Å²) in [5.74, 6) is -6.24. The Balaban J connectivity index is 3.46. The van der Waals surface area contributed by atoms with E-state index in [0.29, 0.717) is 12.8 Å². The van der Waals surface area contributed by atoms with Crippen LogP contribution in [0.5, 0.6) is 0 Å². The van der Waals surface area contributed by atoms with Crippen molar-refractivity contribution in [3.05, 3.63) is 24.3 Å². The number of hydrogen-bond donors (Lipinski definition) is 0. The average molecular weight is 1040 g/mol. The van der Waals surface area contributed by atoms with E-state index in [2.05, 4.69) is 38.2 Å². The molecule has 1 aliphatic rings. The van der Waals surface area contributed by atoms with Gasteiger partial charge in [0.05, 0.1) is 32.3 Å². The van der Waals surface area contributed by atoms with Crippen LogP contribution in [-0.2, 0) is 85.8 Å². The number of Topliss-reactive ketones (excluding diaryl/α,β-unsaturated/α-hetero) is 4. The van der Waals surface area contributed by atoms with Gasteiger partial charge in [-0.15, -0.1) is 0 Å². The number of carbonyl (C=O) groups excluding carboxylic acids is 10. The normalized spacial score (nSPS) is 17.9. The zero-order chi connectivity index (χ0) is 54.2. The number of ketones is 4. The number of rotatable bonds is 43. The van der Waals surface area contributed by atoms with Gasteiger partial charge in [-0.05, 0) is 72.6 Å². The molecule has 0 bridgehead atoms. The Bertz CT molecular complexity index is 1750. The molecule has 0 aromatic heterocycles. The first-order chi connectivity index (χ1) is 34.9. The molecular weight excluding hydrogens is 949 g/mol. The van der Waals surface area contributed by atoms with Crippen molar-refractivity contribution >= 4 is 58.9 Å². The maximum atomic E-state index is 13.4. The molecule has 0 radical (unpaired) electrons. The fraction of sp³-hybridized carbons (Fsp3) is 0.745. The first kappa shape index (κ1) is 65.9. The summed E-state index contributed by atoms with van der Waals surface area (Å²) in [5.41, 5.74) is 0. The largest absolute Gasteiger partial charge is 0.463 e. The molecule has 6 atom stereocenters. The van der Waals surface area contributed by atoms with E-state index in [9.17, 15) is 47.9 Å². The first-order valence-electron chi connectivity index (χ1n) is 26.6. The van der Waals surface area contributed by atoms with Gasteiger partial charge in [0.1, 0.15) is 42.5 Å². The van der Waals surface area contributed by atoms with Crippen molar-refractivity contribution in [3.63, 3.8) is 0 Å². The molecular formula is C55H86O18. The Kier molecular flexibility index (Phi) is 37.3. The van der Waals surface area contributed by atoms with E-state index in [0.717, 1.165) is 70.6 Å². The maximum Gasteiger partial charge on any atom is 0.306 e. The highest BCUT2D eigenvalue weighted by molar-refractivity contribution is 5.83. The van der Waals surface area contributed by atoms with Crippen LogP contribution in [0, 0.1) is 0 Å². The second kappa shape index (κ2) is 41.3. The zero-order valence-electron chi connectivity index (χ0n) is 44.6. The average Bonchev–Trinajstić information content (AvgIpc) is 3.34. The van der Waals surface area contributed by atoms with Gasteiger partial charge in [0.25, 0.3) is 0 Å². The lowest BCUT2D eigenvalue weighted by atomic mass is 9.97. The second-order valence-electron chi connectivity index (χ2n) is 18.7. The molecule has 0 aromatic rings. The Morgan fingerprint density at radius 2 is 0.849 bits per heavy atom. The fourth-order valence-corrected chi connectivity index (χ4v) is 7.32. The number of ether oxygens (including phenoxy) is 8. The minimum Gasteiger partial charge on any atom is -0.463 e. The van der Waals surface area contributed by atoms with Gasteiger partial charge in [-0.2, -0.15) is 0 Å². The molecule has 0 amide bonds. The van der Waals surface area contributed by atoms with Crippen LogP contribution in [0.15, 0.2) is 24.3 Å². The number of esters is 6. The third-order valence-electron chi connectivity index (χ3n) is 11.5. The molecule has 414 valence electrons. The number of unbranched alkanes of at least 4 members (excludes halogenated alkanes) is 12. The van der Waals surface area contributed by atoms with Gasteiger partial charge in [-0.25, -0.2) is 0 Å². The Morgan fingerprint density at radius 3 is 1.38 bits per heavy atom. The van der Waals surface area contributed by atoms with E-state index in [-0.39, 0.29) is 68.1 Å². The van der Waals surface area contributed by atoms with Crippen LogP contribution in [0.3, 0.4) is 0 Å². The van der Waals surface area contributed by atoms with Crippen molar-refractivity contribution in [2.45, 2.75) is 245 Å². The number of carbonyl (C=O) groups is 10. The smallest absolute Gasteiger partial charge is 0.306 e. The van der Waals surface area contributed by atoms with Crippen LogP contribution in [-0.4, -0.2) is 116 Å². The lowest BCUT2D eigenvalue weighted by Crippen LogP contribution is -2.63. The van der Waals surface area contributed by atoms with Crippen molar-refractivity contribution in [2.75, 3.05) is 19.8 Å². The van der Waals surface area contributed by atoms with Crippen LogP contribution < -0.4 is 0 Å². The Hall–Kier alpha value is -5.10. The van der Waals surface area contributed by atoms with Gasteiger partial charge in [0.15, 0.2) is 30.7 Å². The van der Waals surface area contributed by atoms with E-state index < -0.39 is 112 Å². The van der Waals surface area contributed by atoms with Gasteiger partial charge >= 0.3 is 35.8 Å². The zero-order valence-corrected chi connectivity index (χ0v) is 44.6. The highest BCUT2D eigenvalue weighted by Gasteiger charge is 2.53. The summed E-state index contributed by atoms with van der Waals surface area (Å²) in [4.78, 5) is 126. The molecule has 18 heteroatoms. The molecule has 0 aliphatic carbocycles. The fourth-order valence-electron chi connectivity index (χ4n) is 7.32. The molecule has 1 aliphatic heterocycles. The monoisotopic (exact) mass is 1030 g/mol. The second-order valence-corrected chi connectivity index (χ2v) is 18.7. The minimum absolute atomic E-state index is 0.0503. The van der Waals surface area contributed by atoms with Crippen LogP contribution in [0.25, 0.3) is 0 Å². The summed E-state index contributed by atoms with van der Waals surface area (Å²) in [6.45, 7) is 7.67. The predicted octanol–water partition coefficient (Wildman–Crippen LogP) is 9.11. The van der Waals surface area contributed by atoms with Crippen LogP contribution in [0.4, 0.5) is 0 Å². The summed E-state index contributed by atoms with van der Waals surface area (Å²) in [7, 11) is 0. The van der Waals surface area contributed by atoms with Gasteiger partial charge in [-0.3, -0.25) is 28.8 Å². The molecule has 1 rings (SSSR count). The predicted molar refractivity (Wildman–Crippen MR) is 268 cm³/mol. The summed E-state index contributed by atoms with van der Waals surface area (Å²) >= 11 is 0. The van der Waals surface area contributed by atoms with Gasteiger partial charge < -0.3 is 57.1 Å².